The predicted octanol–water partition coefficient (Wildman–Crippen LogP) is 3.12. The molecule has 0 bridgehead atoms. The van der Waals surface area contributed by atoms with Crippen molar-refractivity contribution in [3.05, 3.63) is 29.2 Å². The van der Waals surface area contributed by atoms with Gasteiger partial charge in [-0.25, -0.2) is 0 Å². The maximum atomic E-state index is 10.3. The van der Waals surface area contributed by atoms with Crippen LogP contribution in [0.5, 0.6) is 5.88 Å². The molecule has 0 saturated carbocycles. The summed E-state index contributed by atoms with van der Waals surface area (Å²) in [5.41, 5.74) is 0.787. The van der Waals surface area contributed by atoms with Gasteiger partial charge in [0, 0.05) is 5.39 Å². The zero-order valence-corrected chi connectivity index (χ0v) is 8.56. The number of nitrogens with one attached hydrogen (secondary N) is 1. The molecule has 0 spiro atoms. The molecule has 0 radical (unpaired) electrons. The van der Waals surface area contributed by atoms with Crippen LogP contribution in [0.4, 0.5) is 5.69 Å². The Morgan fingerprint density at radius 1 is 1.21 bits per heavy atom. The van der Waals surface area contributed by atoms with Crippen LogP contribution < -0.4 is 0 Å². The van der Waals surface area contributed by atoms with E-state index in [1.165, 1.54) is 0 Å². The summed E-state index contributed by atoms with van der Waals surface area (Å²) < 4.78 is 0. The van der Waals surface area contributed by atoms with Crippen molar-refractivity contribution in [3.8, 4) is 5.88 Å². The molecule has 0 aliphatic rings. The molecule has 0 unspecified atom stereocenters. The van der Waals surface area contributed by atoms with Gasteiger partial charge in [0.1, 0.15) is 0 Å². The molecule has 0 atom stereocenters. The number of hydrogen-bond donors (Lipinski definition) is 2. The van der Waals surface area contributed by atoms with Crippen LogP contribution >= 0.6 is 24.8 Å². The smallest absolute Gasteiger partial charge is 0.219 e. The number of nitroso groups, excluding NO2 is 1. The Kier molecular flexibility index (Phi) is 4.40. The number of aromatic nitrogens is 1. The molecule has 1 aromatic carbocycles. The number of aromatic hydroxyl groups is 1. The summed E-state index contributed by atoms with van der Waals surface area (Å²) in [4.78, 5) is 12.9. The first-order chi connectivity index (χ1) is 5.83. The van der Waals surface area contributed by atoms with E-state index in [2.05, 4.69) is 10.2 Å². The molecule has 76 valence electrons. The number of halogens is 2. The molecular formula is C8H8Cl2N2O2. The number of nitrogens with zero attached hydrogens (tertiary/aromatic N) is 1. The standard InChI is InChI=1S/C8H6N2O2.2ClH/c11-8-7(10-12)5-3-1-2-4-6(5)9-8;;/h1-4,9,11H;2*1H. The fraction of sp³-hybridized carbons (Fsp3) is 0. The fourth-order valence-corrected chi connectivity index (χ4v) is 1.21. The highest BCUT2D eigenvalue weighted by atomic mass is 35.5. The Bertz CT molecular complexity index is 442. The Morgan fingerprint density at radius 2 is 1.86 bits per heavy atom. The first-order valence-corrected chi connectivity index (χ1v) is 3.46. The third-order valence-electron chi connectivity index (χ3n) is 1.75. The number of rotatable bonds is 1. The minimum atomic E-state index is -0.175. The second kappa shape index (κ2) is 4.83. The first kappa shape index (κ1) is 12.7. The summed E-state index contributed by atoms with van der Waals surface area (Å²) in [7, 11) is 0. The predicted molar refractivity (Wildman–Crippen MR) is 59.9 cm³/mol. The molecule has 2 aromatic rings. The summed E-state index contributed by atoms with van der Waals surface area (Å²) in [6.45, 7) is 0. The lowest BCUT2D eigenvalue weighted by Gasteiger charge is -1.85. The zero-order chi connectivity index (χ0) is 8.55. The normalized spacial score (nSPS) is 8.86. The molecule has 0 aliphatic heterocycles. The lowest BCUT2D eigenvalue weighted by atomic mass is 10.2. The van der Waals surface area contributed by atoms with Gasteiger partial charge in [-0.1, -0.05) is 18.2 Å². The van der Waals surface area contributed by atoms with Crippen LogP contribution in [0, 0.1) is 4.91 Å². The third-order valence-corrected chi connectivity index (χ3v) is 1.75. The molecule has 0 fully saturated rings. The summed E-state index contributed by atoms with van der Waals surface area (Å²) in [5.74, 6) is -0.175. The highest BCUT2D eigenvalue weighted by molar-refractivity contribution is 5.94. The van der Waals surface area contributed by atoms with E-state index in [0.717, 1.165) is 0 Å². The average Bonchev–Trinajstić information content (AvgIpc) is 2.40. The van der Waals surface area contributed by atoms with E-state index in [1.54, 1.807) is 18.2 Å². The molecule has 1 aromatic heterocycles. The molecule has 14 heavy (non-hydrogen) atoms. The van der Waals surface area contributed by atoms with E-state index >= 15 is 0 Å². The van der Waals surface area contributed by atoms with Crippen LogP contribution in [0.3, 0.4) is 0 Å². The van der Waals surface area contributed by atoms with Gasteiger partial charge in [-0.15, -0.1) is 29.7 Å². The Hall–Kier alpha value is -1.26. The number of H-pyrrole nitrogens is 1. The second-order valence-corrected chi connectivity index (χ2v) is 2.46. The topological polar surface area (TPSA) is 65.4 Å². The Balaban J connectivity index is 0.000000845. The van der Waals surface area contributed by atoms with Crippen LogP contribution in [0.25, 0.3) is 10.9 Å². The van der Waals surface area contributed by atoms with E-state index < -0.39 is 0 Å². The van der Waals surface area contributed by atoms with Gasteiger partial charge >= 0.3 is 0 Å². The van der Waals surface area contributed by atoms with Crippen molar-refractivity contribution in [2.75, 3.05) is 0 Å². The molecule has 0 amide bonds. The van der Waals surface area contributed by atoms with Crippen molar-refractivity contribution in [1.82, 2.24) is 4.98 Å². The lowest BCUT2D eigenvalue weighted by molar-refractivity contribution is 0.460. The summed E-state index contributed by atoms with van der Waals surface area (Å²) >= 11 is 0. The zero-order valence-electron chi connectivity index (χ0n) is 6.93. The van der Waals surface area contributed by atoms with Crippen LogP contribution in [-0.4, -0.2) is 10.1 Å². The number of aromatic amines is 1. The van der Waals surface area contributed by atoms with Crippen LogP contribution in [0.1, 0.15) is 0 Å². The van der Waals surface area contributed by atoms with Gasteiger partial charge in [-0.2, -0.15) is 0 Å². The van der Waals surface area contributed by atoms with Crippen LogP contribution in [0.2, 0.25) is 0 Å². The van der Waals surface area contributed by atoms with Crippen LogP contribution in [0.15, 0.2) is 29.4 Å². The summed E-state index contributed by atoms with van der Waals surface area (Å²) in [5, 5.41) is 12.6. The van der Waals surface area contributed by atoms with Gasteiger partial charge in [0.15, 0.2) is 5.69 Å². The minimum Gasteiger partial charge on any atom is -0.493 e. The quantitative estimate of drug-likeness (QED) is 0.745. The maximum absolute atomic E-state index is 10.3. The first-order valence-electron chi connectivity index (χ1n) is 3.46. The van der Waals surface area contributed by atoms with E-state index in [4.69, 9.17) is 0 Å². The van der Waals surface area contributed by atoms with Gasteiger partial charge in [-0.3, -0.25) is 0 Å². The molecule has 1 heterocycles. The molecule has 0 saturated heterocycles. The molecule has 2 rings (SSSR count). The highest BCUT2D eigenvalue weighted by Crippen LogP contribution is 2.34. The Labute approximate surface area is 92.1 Å². The second-order valence-electron chi connectivity index (χ2n) is 2.46. The van der Waals surface area contributed by atoms with Crippen molar-refractivity contribution in [1.29, 1.82) is 0 Å². The summed E-state index contributed by atoms with van der Waals surface area (Å²) in [6, 6.07) is 7.09. The average molecular weight is 235 g/mol. The number of para-hydroxylation sites is 1. The fourth-order valence-electron chi connectivity index (χ4n) is 1.21. The van der Waals surface area contributed by atoms with Crippen molar-refractivity contribution in [3.63, 3.8) is 0 Å². The molecule has 6 heteroatoms. The number of benzene rings is 1. The number of fused-ring (bicyclic) bond motifs is 1. The highest BCUT2D eigenvalue weighted by Gasteiger charge is 2.09. The van der Waals surface area contributed by atoms with Gasteiger partial charge < -0.3 is 10.1 Å². The van der Waals surface area contributed by atoms with Crippen molar-refractivity contribution < 1.29 is 5.11 Å². The van der Waals surface area contributed by atoms with E-state index in [-0.39, 0.29) is 36.4 Å². The maximum Gasteiger partial charge on any atom is 0.219 e. The Morgan fingerprint density at radius 3 is 2.50 bits per heavy atom. The van der Waals surface area contributed by atoms with Crippen molar-refractivity contribution in [2.45, 2.75) is 0 Å². The van der Waals surface area contributed by atoms with E-state index in [1.807, 2.05) is 6.07 Å². The van der Waals surface area contributed by atoms with Gasteiger partial charge in [-0.05, 0) is 11.2 Å². The van der Waals surface area contributed by atoms with Gasteiger partial charge in [0.25, 0.3) is 0 Å². The van der Waals surface area contributed by atoms with E-state index in [0.29, 0.717) is 10.9 Å². The minimum absolute atomic E-state index is 0. The summed E-state index contributed by atoms with van der Waals surface area (Å²) in [6.07, 6.45) is 0. The van der Waals surface area contributed by atoms with Gasteiger partial charge in [0.05, 0.1) is 5.52 Å². The van der Waals surface area contributed by atoms with E-state index in [9.17, 15) is 10.0 Å². The SMILES string of the molecule is Cl.Cl.O=Nc1c(O)[nH]c2ccccc12. The largest absolute Gasteiger partial charge is 0.493 e. The molecule has 4 nitrogen and oxygen atoms in total. The molecular weight excluding hydrogens is 227 g/mol. The molecule has 2 N–H and O–H groups in total. The van der Waals surface area contributed by atoms with Crippen molar-refractivity contribution >= 4 is 41.4 Å². The van der Waals surface area contributed by atoms with Crippen LogP contribution in [-0.2, 0) is 0 Å². The molecule has 0 aliphatic carbocycles. The number of hydrogen-bond acceptors (Lipinski definition) is 3. The lowest BCUT2D eigenvalue weighted by Crippen LogP contribution is -1.63. The monoisotopic (exact) mass is 234 g/mol. The van der Waals surface area contributed by atoms with Gasteiger partial charge in [0.2, 0.25) is 5.88 Å². The third kappa shape index (κ3) is 1.81. The van der Waals surface area contributed by atoms with Crippen molar-refractivity contribution in [2.24, 2.45) is 5.18 Å².